The lowest BCUT2D eigenvalue weighted by atomic mass is 10.1. The fourth-order valence-corrected chi connectivity index (χ4v) is 2.98. The highest BCUT2D eigenvalue weighted by molar-refractivity contribution is 7.14. The van der Waals surface area contributed by atoms with E-state index < -0.39 is 11.7 Å². The molecule has 0 aromatic carbocycles. The summed E-state index contributed by atoms with van der Waals surface area (Å²) in [7, 11) is 0. The average Bonchev–Trinajstić information content (AvgIpc) is 3.13. The largest absolute Gasteiger partial charge is 0.388 e. The van der Waals surface area contributed by atoms with Crippen LogP contribution >= 0.6 is 34.5 Å². The van der Waals surface area contributed by atoms with Crippen molar-refractivity contribution in [3.63, 3.8) is 0 Å². The van der Waals surface area contributed by atoms with Gasteiger partial charge in [-0.25, -0.2) is 4.68 Å². The zero-order chi connectivity index (χ0) is 16.4. The Morgan fingerprint density at radius 3 is 3.00 bits per heavy atom. The standard InChI is InChI=1S/C13H10Cl2N4O3S/c14-8-1-2-16-19(13(8)21)5-12-17-11(18-22-12)4-9(20)7-3-10(15)23-6-7/h1-3,6,9,20H,4-5H2/t9-/m0/s1. The van der Waals surface area contributed by atoms with E-state index >= 15 is 0 Å². The molecule has 120 valence electrons. The molecule has 7 nitrogen and oxygen atoms in total. The third-order valence-electron chi connectivity index (χ3n) is 3.01. The minimum Gasteiger partial charge on any atom is -0.388 e. The van der Waals surface area contributed by atoms with Gasteiger partial charge in [-0.3, -0.25) is 4.79 Å². The van der Waals surface area contributed by atoms with Crippen molar-refractivity contribution in [1.29, 1.82) is 0 Å². The van der Waals surface area contributed by atoms with Gasteiger partial charge in [-0.15, -0.1) is 11.3 Å². The predicted molar refractivity (Wildman–Crippen MR) is 84.9 cm³/mol. The van der Waals surface area contributed by atoms with E-state index in [4.69, 9.17) is 27.7 Å². The second-order valence-electron chi connectivity index (χ2n) is 4.65. The van der Waals surface area contributed by atoms with Crippen LogP contribution < -0.4 is 5.56 Å². The molecular weight excluding hydrogens is 363 g/mol. The maximum absolute atomic E-state index is 11.8. The first-order valence-electron chi connectivity index (χ1n) is 6.48. The molecule has 23 heavy (non-hydrogen) atoms. The van der Waals surface area contributed by atoms with Crippen LogP contribution in [0.5, 0.6) is 0 Å². The summed E-state index contributed by atoms with van der Waals surface area (Å²) >= 11 is 12.9. The van der Waals surface area contributed by atoms with Gasteiger partial charge in [0.05, 0.1) is 10.4 Å². The van der Waals surface area contributed by atoms with Crippen LogP contribution in [-0.2, 0) is 13.0 Å². The summed E-state index contributed by atoms with van der Waals surface area (Å²) in [5.74, 6) is 0.525. The molecule has 0 aliphatic rings. The maximum atomic E-state index is 11.8. The summed E-state index contributed by atoms with van der Waals surface area (Å²) < 4.78 is 6.78. The van der Waals surface area contributed by atoms with E-state index in [1.54, 1.807) is 11.4 Å². The molecular formula is C13H10Cl2N4O3S. The second kappa shape index (κ2) is 6.79. The Kier molecular flexibility index (Phi) is 4.76. The van der Waals surface area contributed by atoms with Crippen molar-refractivity contribution < 1.29 is 9.63 Å². The van der Waals surface area contributed by atoms with E-state index in [1.165, 1.54) is 23.6 Å². The van der Waals surface area contributed by atoms with Gasteiger partial charge in [0.1, 0.15) is 11.6 Å². The molecule has 3 rings (SSSR count). The van der Waals surface area contributed by atoms with Gasteiger partial charge >= 0.3 is 0 Å². The van der Waals surface area contributed by atoms with Crippen molar-refractivity contribution >= 4 is 34.5 Å². The number of nitrogens with zero attached hydrogens (tertiary/aromatic N) is 4. The number of hydrogen-bond donors (Lipinski definition) is 1. The first-order chi connectivity index (χ1) is 11.0. The van der Waals surface area contributed by atoms with Crippen LogP contribution in [0, 0.1) is 0 Å². The summed E-state index contributed by atoms with van der Waals surface area (Å²) in [5, 5.41) is 19.6. The van der Waals surface area contributed by atoms with Crippen LogP contribution in [0.15, 0.2) is 33.0 Å². The number of thiophene rings is 1. The Labute approximate surface area is 144 Å². The number of aliphatic hydroxyl groups is 1. The van der Waals surface area contributed by atoms with Crippen molar-refractivity contribution in [2.24, 2.45) is 0 Å². The first-order valence-corrected chi connectivity index (χ1v) is 8.11. The molecule has 0 saturated carbocycles. The first kappa shape index (κ1) is 16.1. The van der Waals surface area contributed by atoms with Gasteiger partial charge in [-0.2, -0.15) is 10.1 Å². The molecule has 1 N–H and O–H groups in total. The number of aromatic nitrogens is 4. The molecule has 3 aromatic heterocycles. The number of rotatable bonds is 5. The van der Waals surface area contributed by atoms with E-state index in [0.29, 0.717) is 15.7 Å². The van der Waals surface area contributed by atoms with Gasteiger partial charge in [0.2, 0.25) is 5.89 Å². The Hall–Kier alpha value is -1.74. The van der Waals surface area contributed by atoms with Gasteiger partial charge in [0, 0.05) is 12.6 Å². The fourth-order valence-electron chi connectivity index (χ4n) is 1.89. The van der Waals surface area contributed by atoms with Crippen LogP contribution in [0.3, 0.4) is 0 Å². The molecule has 3 aromatic rings. The van der Waals surface area contributed by atoms with Crippen LogP contribution in [-0.4, -0.2) is 25.0 Å². The van der Waals surface area contributed by atoms with Gasteiger partial charge in [-0.05, 0) is 23.1 Å². The van der Waals surface area contributed by atoms with E-state index in [2.05, 4.69) is 15.2 Å². The molecule has 0 aliphatic carbocycles. The number of aliphatic hydroxyl groups excluding tert-OH is 1. The van der Waals surface area contributed by atoms with E-state index in [9.17, 15) is 9.90 Å². The minimum atomic E-state index is -0.781. The Morgan fingerprint density at radius 2 is 2.26 bits per heavy atom. The molecule has 0 amide bonds. The Morgan fingerprint density at radius 1 is 1.43 bits per heavy atom. The number of halogens is 2. The van der Waals surface area contributed by atoms with Gasteiger partial charge in [0.25, 0.3) is 5.56 Å². The van der Waals surface area contributed by atoms with Crippen LogP contribution in [0.1, 0.15) is 23.4 Å². The Balaban J connectivity index is 1.71. The average molecular weight is 373 g/mol. The smallest absolute Gasteiger partial charge is 0.285 e. The second-order valence-corrected chi connectivity index (χ2v) is 6.60. The zero-order valence-corrected chi connectivity index (χ0v) is 13.8. The summed E-state index contributed by atoms with van der Waals surface area (Å²) in [6.07, 6.45) is 0.802. The molecule has 0 bridgehead atoms. The summed E-state index contributed by atoms with van der Waals surface area (Å²) in [6.45, 7) is 0.00671. The lowest BCUT2D eigenvalue weighted by Gasteiger charge is -2.04. The van der Waals surface area contributed by atoms with Crippen molar-refractivity contribution in [3.05, 3.63) is 60.7 Å². The van der Waals surface area contributed by atoms with E-state index in [-0.39, 0.29) is 23.9 Å². The van der Waals surface area contributed by atoms with E-state index in [1.807, 2.05) is 0 Å². The summed E-state index contributed by atoms with van der Waals surface area (Å²) in [4.78, 5) is 15.9. The lowest BCUT2D eigenvalue weighted by molar-refractivity contribution is 0.175. The topological polar surface area (TPSA) is 94.0 Å². The zero-order valence-electron chi connectivity index (χ0n) is 11.5. The molecule has 1 atom stereocenters. The third-order valence-corrected chi connectivity index (χ3v) is 4.41. The fraction of sp³-hybridized carbons (Fsp3) is 0.231. The van der Waals surface area contributed by atoms with Crippen molar-refractivity contribution in [2.75, 3.05) is 0 Å². The summed E-state index contributed by atoms with van der Waals surface area (Å²) in [5.41, 5.74) is 0.251. The Bertz CT molecular complexity index is 876. The van der Waals surface area contributed by atoms with Crippen LogP contribution in [0.4, 0.5) is 0 Å². The highest BCUT2D eigenvalue weighted by Gasteiger charge is 2.16. The lowest BCUT2D eigenvalue weighted by Crippen LogP contribution is -2.23. The van der Waals surface area contributed by atoms with Crippen molar-refractivity contribution in [3.8, 4) is 0 Å². The SMILES string of the molecule is O=c1c(Cl)ccnn1Cc1nc(C[C@H](O)c2csc(Cl)c2)no1. The van der Waals surface area contributed by atoms with Gasteiger partial charge in [-0.1, -0.05) is 28.4 Å². The maximum Gasteiger partial charge on any atom is 0.285 e. The van der Waals surface area contributed by atoms with Gasteiger partial charge in [0.15, 0.2) is 5.82 Å². The molecule has 0 fully saturated rings. The normalized spacial score (nSPS) is 12.5. The van der Waals surface area contributed by atoms with Crippen LogP contribution in [0.25, 0.3) is 0 Å². The van der Waals surface area contributed by atoms with Crippen molar-refractivity contribution in [1.82, 2.24) is 19.9 Å². The number of hydrogen-bond acceptors (Lipinski definition) is 7. The van der Waals surface area contributed by atoms with Crippen LogP contribution in [0.2, 0.25) is 9.36 Å². The highest BCUT2D eigenvalue weighted by Crippen LogP contribution is 2.26. The van der Waals surface area contributed by atoms with Gasteiger partial charge < -0.3 is 9.63 Å². The molecule has 0 aliphatic heterocycles. The molecule has 0 spiro atoms. The predicted octanol–water partition coefficient (Wildman–Crippen LogP) is 2.32. The quantitative estimate of drug-likeness (QED) is 0.738. The molecule has 0 unspecified atom stereocenters. The molecule has 0 radical (unpaired) electrons. The van der Waals surface area contributed by atoms with Crippen molar-refractivity contribution in [2.45, 2.75) is 19.1 Å². The molecule has 10 heteroatoms. The highest BCUT2D eigenvalue weighted by atomic mass is 35.5. The van der Waals surface area contributed by atoms with E-state index in [0.717, 1.165) is 4.68 Å². The monoisotopic (exact) mass is 372 g/mol. The summed E-state index contributed by atoms with van der Waals surface area (Å²) in [6, 6.07) is 3.09. The molecule has 0 saturated heterocycles. The minimum absolute atomic E-state index is 0.00671. The third kappa shape index (κ3) is 3.78. The molecule has 3 heterocycles.